The molecule has 0 atom stereocenters. The Kier molecular flexibility index (Phi) is 23.9. The first-order chi connectivity index (χ1) is 41.7. The van der Waals surface area contributed by atoms with Crippen LogP contribution in [0.4, 0.5) is 0 Å². The maximum atomic E-state index is 6.44. The maximum absolute atomic E-state index is 6.44. The van der Waals surface area contributed by atoms with Gasteiger partial charge in [0, 0.05) is 41.6 Å². The van der Waals surface area contributed by atoms with Crippen LogP contribution in [0.15, 0.2) is 174 Å². The Morgan fingerprint density at radius 1 is 0.395 bits per heavy atom. The zero-order chi connectivity index (χ0) is 60.9. The van der Waals surface area contributed by atoms with E-state index in [1.165, 1.54) is 0 Å². The molecule has 0 unspecified atom stereocenters. The summed E-state index contributed by atoms with van der Waals surface area (Å²) in [6.45, 7) is 24.0. The van der Waals surface area contributed by atoms with Crippen molar-refractivity contribution >= 4 is 28.5 Å². The van der Waals surface area contributed by atoms with Gasteiger partial charge < -0.3 is 47.2 Å². The normalized spacial score (nSPS) is 13.1. The van der Waals surface area contributed by atoms with E-state index in [9.17, 15) is 0 Å². The Morgan fingerprint density at radius 3 is 1.22 bits per heavy atom. The molecule has 0 aliphatic carbocycles. The summed E-state index contributed by atoms with van der Waals surface area (Å²) in [7, 11) is -0.540. The van der Waals surface area contributed by atoms with Crippen molar-refractivity contribution in [3.8, 4) is 57.5 Å². The molecule has 1 aliphatic heterocycles. The topological polar surface area (TPSA) is 92.3 Å². The van der Waals surface area contributed by atoms with Crippen molar-refractivity contribution in [2.24, 2.45) is 0 Å². The number of hydrogen-bond acceptors (Lipinski definition) is 10. The quantitative estimate of drug-likeness (QED) is 0.0333. The minimum Gasteiger partial charge on any atom is -0.493 e. The largest absolute Gasteiger partial charge is 0.498 e. The third-order valence-corrected chi connectivity index (χ3v) is 16.1. The van der Waals surface area contributed by atoms with Crippen molar-refractivity contribution in [3.05, 3.63) is 219 Å². The Bertz CT molecular complexity index is 3390. The fourth-order valence-corrected chi connectivity index (χ4v) is 10.4. The van der Waals surface area contributed by atoms with E-state index in [4.69, 9.17) is 47.2 Å². The average Bonchev–Trinajstić information content (AvgIpc) is 2.01. The molecule has 12 heteroatoms. The van der Waals surface area contributed by atoms with E-state index < -0.39 is 18.3 Å². The molecule has 0 N–H and O–H groups in total. The predicted octanol–water partition coefficient (Wildman–Crippen LogP) is 18.5. The van der Waals surface area contributed by atoms with Crippen LogP contribution >= 0.6 is 15.9 Å². The molecule has 0 radical (unpaired) electrons. The second-order valence-corrected chi connectivity index (χ2v) is 23.4. The molecule has 452 valence electrons. The molecule has 0 bridgehead atoms. The standard InChI is InChI=1S/C40H49BO6.C34H37BrO4/c1-8-17-32-35(22-15-23-36(32)45-34-21-14-13-18-29(34)3)42-24-16-25-43-37-27-38(44-28-30-19-11-10-12-20-30)33(26-31(37)9-2)41-46-39(4,5)40(6,7)47-41;1-4-13-28-31(18-11-19-32(28)39-30-17-10-9-14-25(30)3)36-20-12-21-37-33-23-34(29(35)22-27(33)5-2)38-24-26-15-7-6-8-16-26/h10-15,18-23,26-27H,8-9,16-17,24-25,28H2,1-7H3;6-11,14-19,22-23H,4-5,12-13,20-21,24H2,1-3H3. The fraction of sp³-hybridized carbons (Fsp3) is 0.351. The lowest BCUT2D eigenvalue weighted by Crippen LogP contribution is -2.41. The van der Waals surface area contributed by atoms with E-state index in [-0.39, 0.29) is 0 Å². The van der Waals surface area contributed by atoms with Gasteiger partial charge in [0.05, 0.1) is 42.1 Å². The molecule has 0 saturated carbocycles. The van der Waals surface area contributed by atoms with Crippen molar-refractivity contribution in [1.82, 2.24) is 0 Å². The van der Waals surface area contributed by atoms with Gasteiger partial charge in [-0.1, -0.05) is 156 Å². The fourth-order valence-electron chi connectivity index (χ4n) is 9.85. The van der Waals surface area contributed by atoms with E-state index in [1.807, 2.05) is 121 Å². The molecule has 8 aromatic carbocycles. The monoisotopic (exact) mass is 1220 g/mol. The second-order valence-electron chi connectivity index (χ2n) is 22.5. The van der Waals surface area contributed by atoms with Crippen molar-refractivity contribution in [1.29, 1.82) is 0 Å². The molecule has 1 heterocycles. The van der Waals surface area contributed by atoms with Gasteiger partial charge in [0.1, 0.15) is 70.7 Å². The van der Waals surface area contributed by atoms with Gasteiger partial charge in [0.15, 0.2) is 0 Å². The van der Waals surface area contributed by atoms with Gasteiger partial charge in [0.25, 0.3) is 0 Å². The summed E-state index contributed by atoms with van der Waals surface area (Å²) < 4.78 is 64.1. The van der Waals surface area contributed by atoms with Gasteiger partial charge in [-0.15, -0.1) is 0 Å². The molecule has 0 amide bonds. The van der Waals surface area contributed by atoms with Gasteiger partial charge in [-0.2, -0.15) is 0 Å². The van der Waals surface area contributed by atoms with Crippen LogP contribution in [0.25, 0.3) is 0 Å². The highest BCUT2D eigenvalue weighted by Crippen LogP contribution is 2.40. The van der Waals surface area contributed by atoms with Crippen LogP contribution in [0, 0.1) is 13.8 Å². The highest BCUT2D eigenvalue weighted by atomic mass is 79.9. The lowest BCUT2D eigenvalue weighted by Gasteiger charge is -2.32. The smallest absolute Gasteiger partial charge is 0.493 e. The van der Waals surface area contributed by atoms with Crippen LogP contribution in [0.2, 0.25) is 0 Å². The van der Waals surface area contributed by atoms with Crippen LogP contribution in [-0.2, 0) is 48.2 Å². The number of halogens is 1. The lowest BCUT2D eigenvalue weighted by atomic mass is 9.77. The first-order valence-corrected chi connectivity index (χ1v) is 31.4. The summed E-state index contributed by atoms with van der Waals surface area (Å²) in [5.74, 6) is 8.28. The third-order valence-electron chi connectivity index (χ3n) is 15.5. The highest BCUT2D eigenvalue weighted by molar-refractivity contribution is 9.10. The zero-order valence-corrected chi connectivity index (χ0v) is 53.7. The first-order valence-electron chi connectivity index (χ1n) is 30.6. The summed E-state index contributed by atoms with van der Waals surface area (Å²) in [5.41, 5.74) is 8.79. The molecule has 9 rings (SSSR count). The summed E-state index contributed by atoms with van der Waals surface area (Å²) in [6.07, 6.45) is 6.90. The van der Waals surface area contributed by atoms with Crippen molar-refractivity contribution < 1.29 is 47.2 Å². The minimum absolute atomic E-state index is 0.429. The number of hydrogen-bond donors (Lipinski definition) is 0. The minimum atomic E-state index is -0.540. The van der Waals surface area contributed by atoms with Crippen LogP contribution in [0.5, 0.6) is 57.5 Å². The molecular weight excluding hydrogens is 1140 g/mol. The van der Waals surface area contributed by atoms with E-state index in [1.54, 1.807) is 0 Å². The first kappa shape index (κ1) is 64.6. The number of benzene rings is 8. The van der Waals surface area contributed by atoms with Crippen molar-refractivity contribution in [2.75, 3.05) is 26.4 Å². The Morgan fingerprint density at radius 2 is 0.779 bits per heavy atom. The Hall–Kier alpha value is -7.38. The van der Waals surface area contributed by atoms with Gasteiger partial charge in [-0.3, -0.25) is 0 Å². The molecule has 1 aliphatic rings. The van der Waals surface area contributed by atoms with Crippen LogP contribution < -0.4 is 43.4 Å². The SMILES string of the molecule is CCCc1c(OCCCOc2cc(OCc3ccccc3)c(B3OC(C)(C)C(C)(C)O3)cc2CC)cccc1Oc1ccccc1C.CCCc1c(OCCCOc2cc(OCc3ccccc3)c(Br)cc2CC)cccc1Oc1ccccc1C. The molecule has 0 spiro atoms. The van der Waals surface area contributed by atoms with Crippen LogP contribution in [0.3, 0.4) is 0 Å². The predicted molar refractivity (Wildman–Crippen MR) is 351 cm³/mol. The van der Waals surface area contributed by atoms with Gasteiger partial charge in [0.2, 0.25) is 0 Å². The Balaban J connectivity index is 0.000000227. The second kappa shape index (κ2) is 31.8. The molecule has 8 aromatic rings. The van der Waals surface area contributed by atoms with Crippen molar-refractivity contribution in [2.45, 2.75) is 145 Å². The summed E-state index contributed by atoms with van der Waals surface area (Å²) in [6, 6.07) is 56.7. The van der Waals surface area contributed by atoms with Crippen LogP contribution in [0.1, 0.15) is 126 Å². The maximum Gasteiger partial charge on any atom is 0.498 e. The lowest BCUT2D eigenvalue weighted by molar-refractivity contribution is 0.00578. The molecule has 86 heavy (non-hydrogen) atoms. The molecule has 1 saturated heterocycles. The molecule has 0 aromatic heterocycles. The van der Waals surface area contributed by atoms with Crippen LogP contribution in [-0.4, -0.2) is 44.7 Å². The van der Waals surface area contributed by atoms with Gasteiger partial charge in [-0.25, -0.2) is 0 Å². The van der Waals surface area contributed by atoms with E-state index in [0.717, 1.165) is 158 Å². The summed E-state index contributed by atoms with van der Waals surface area (Å²) in [5, 5.41) is 0. The van der Waals surface area contributed by atoms with Gasteiger partial charge >= 0.3 is 7.12 Å². The molecular formula is C74H86BBrO10. The third kappa shape index (κ3) is 17.6. The van der Waals surface area contributed by atoms with E-state index in [0.29, 0.717) is 45.4 Å². The number of rotatable bonds is 29. The van der Waals surface area contributed by atoms with E-state index >= 15 is 0 Å². The summed E-state index contributed by atoms with van der Waals surface area (Å²) in [4.78, 5) is 0. The number of ether oxygens (including phenoxy) is 8. The van der Waals surface area contributed by atoms with E-state index in [2.05, 4.69) is 134 Å². The zero-order valence-electron chi connectivity index (χ0n) is 52.1. The molecule has 10 nitrogen and oxygen atoms in total. The average molecular weight is 1230 g/mol. The highest BCUT2D eigenvalue weighted by Gasteiger charge is 2.52. The summed E-state index contributed by atoms with van der Waals surface area (Å²) >= 11 is 3.65. The Labute approximate surface area is 520 Å². The van der Waals surface area contributed by atoms with Gasteiger partial charge in [-0.05, 0) is 159 Å². The number of para-hydroxylation sites is 2. The molecule has 1 fully saturated rings. The van der Waals surface area contributed by atoms with Crippen molar-refractivity contribution in [3.63, 3.8) is 0 Å². The number of aryl methyl sites for hydroxylation is 4.